The number of nitrogen functional groups attached to an aromatic ring is 1. The number of rotatable bonds is 6. The van der Waals surface area contributed by atoms with Gasteiger partial charge in [-0.3, -0.25) is 4.90 Å². The van der Waals surface area contributed by atoms with Crippen molar-refractivity contribution in [2.24, 2.45) is 0 Å². The maximum absolute atomic E-state index is 6.27. The van der Waals surface area contributed by atoms with Crippen molar-refractivity contribution in [1.82, 2.24) is 4.90 Å². The van der Waals surface area contributed by atoms with E-state index in [9.17, 15) is 0 Å². The van der Waals surface area contributed by atoms with Crippen LogP contribution in [0.1, 0.15) is 12.8 Å². The van der Waals surface area contributed by atoms with Crippen LogP contribution < -0.4 is 15.4 Å². The number of hydrogen-bond acceptors (Lipinski definition) is 6. The molecule has 2 aliphatic heterocycles. The molecule has 3 rings (SSSR count). The van der Waals surface area contributed by atoms with E-state index in [-0.39, 0.29) is 0 Å². The minimum absolute atomic E-state index is 0.550. The van der Waals surface area contributed by atoms with Gasteiger partial charge in [-0.2, -0.15) is 11.8 Å². The summed E-state index contributed by atoms with van der Waals surface area (Å²) in [5.74, 6) is 3.39. The zero-order chi connectivity index (χ0) is 16.8. The van der Waals surface area contributed by atoms with Crippen molar-refractivity contribution < 1.29 is 9.47 Å². The van der Waals surface area contributed by atoms with Crippen LogP contribution in [-0.2, 0) is 4.74 Å². The SMILES string of the molecule is COCCOc1ccc(N2CCC(N3CCSCC3)CC2)c(N)c1. The highest BCUT2D eigenvalue weighted by atomic mass is 32.2. The first-order chi connectivity index (χ1) is 11.8. The van der Waals surface area contributed by atoms with Crippen molar-refractivity contribution in [3.63, 3.8) is 0 Å². The third-order valence-electron chi connectivity index (χ3n) is 4.92. The minimum atomic E-state index is 0.550. The standard InChI is InChI=1S/C18H29N3O2S/c1-22-10-11-23-16-2-3-18(17(19)14-16)21-6-4-15(5-7-21)20-8-12-24-13-9-20/h2-3,14-15H,4-13,19H2,1H3. The summed E-state index contributed by atoms with van der Waals surface area (Å²) in [6, 6.07) is 6.78. The second-order valence-corrected chi connectivity index (χ2v) is 7.65. The van der Waals surface area contributed by atoms with E-state index in [0.717, 1.165) is 36.3 Å². The zero-order valence-corrected chi connectivity index (χ0v) is 15.4. The van der Waals surface area contributed by atoms with Gasteiger partial charge in [0, 0.05) is 56.9 Å². The van der Waals surface area contributed by atoms with Crippen molar-refractivity contribution in [1.29, 1.82) is 0 Å². The Morgan fingerprint density at radius 2 is 1.88 bits per heavy atom. The lowest BCUT2D eigenvalue weighted by molar-refractivity contribution is 0.146. The molecule has 24 heavy (non-hydrogen) atoms. The fourth-order valence-corrected chi connectivity index (χ4v) is 4.50. The van der Waals surface area contributed by atoms with Gasteiger partial charge in [0.05, 0.1) is 18.0 Å². The number of methoxy groups -OCH3 is 1. The van der Waals surface area contributed by atoms with Crippen LogP contribution in [0, 0.1) is 0 Å². The number of anilines is 2. The van der Waals surface area contributed by atoms with E-state index < -0.39 is 0 Å². The van der Waals surface area contributed by atoms with Gasteiger partial charge in [-0.15, -0.1) is 0 Å². The molecule has 5 nitrogen and oxygen atoms in total. The van der Waals surface area contributed by atoms with Crippen LogP contribution in [0.5, 0.6) is 5.75 Å². The van der Waals surface area contributed by atoms with Crippen LogP contribution in [0.25, 0.3) is 0 Å². The number of ether oxygens (including phenoxy) is 2. The number of benzene rings is 1. The normalized spacial score (nSPS) is 20.3. The smallest absolute Gasteiger partial charge is 0.121 e. The summed E-state index contributed by atoms with van der Waals surface area (Å²) in [5, 5.41) is 0. The van der Waals surface area contributed by atoms with Crippen molar-refractivity contribution in [3.8, 4) is 5.75 Å². The molecular weight excluding hydrogens is 322 g/mol. The Kier molecular flexibility index (Phi) is 6.51. The van der Waals surface area contributed by atoms with Gasteiger partial charge in [-0.25, -0.2) is 0 Å². The molecule has 1 aromatic carbocycles. The first-order valence-corrected chi connectivity index (χ1v) is 10.0. The molecule has 2 fully saturated rings. The van der Waals surface area contributed by atoms with E-state index >= 15 is 0 Å². The summed E-state index contributed by atoms with van der Waals surface area (Å²) >= 11 is 2.08. The second-order valence-electron chi connectivity index (χ2n) is 6.43. The number of thioether (sulfide) groups is 1. The Hall–Kier alpha value is -1.11. The lowest BCUT2D eigenvalue weighted by Crippen LogP contribution is -2.47. The van der Waals surface area contributed by atoms with E-state index in [0.29, 0.717) is 13.2 Å². The molecule has 0 aliphatic carbocycles. The molecule has 2 N–H and O–H groups in total. The maximum atomic E-state index is 6.27. The Morgan fingerprint density at radius 1 is 1.12 bits per heavy atom. The highest BCUT2D eigenvalue weighted by Crippen LogP contribution is 2.31. The van der Waals surface area contributed by atoms with Crippen molar-refractivity contribution in [2.45, 2.75) is 18.9 Å². The lowest BCUT2D eigenvalue weighted by atomic mass is 10.0. The molecule has 0 spiro atoms. The van der Waals surface area contributed by atoms with Gasteiger partial charge in [-0.1, -0.05) is 0 Å². The predicted molar refractivity (Wildman–Crippen MR) is 102 cm³/mol. The second kappa shape index (κ2) is 8.83. The van der Waals surface area contributed by atoms with E-state index in [2.05, 4.69) is 27.6 Å². The lowest BCUT2D eigenvalue weighted by Gasteiger charge is -2.41. The number of nitrogens with zero attached hydrogens (tertiary/aromatic N) is 2. The van der Waals surface area contributed by atoms with E-state index in [1.165, 1.54) is 37.4 Å². The molecule has 0 radical (unpaired) electrons. The number of nitrogens with two attached hydrogens (primary N) is 1. The van der Waals surface area contributed by atoms with Crippen molar-refractivity contribution in [2.75, 3.05) is 68.6 Å². The monoisotopic (exact) mass is 351 g/mol. The van der Waals surface area contributed by atoms with Crippen LogP contribution >= 0.6 is 11.8 Å². The van der Waals surface area contributed by atoms with Crippen LogP contribution in [0.2, 0.25) is 0 Å². The molecule has 2 saturated heterocycles. The Bertz CT molecular complexity index is 515. The van der Waals surface area contributed by atoms with Crippen molar-refractivity contribution in [3.05, 3.63) is 18.2 Å². The molecule has 0 aromatic heterocycles. The van der Waals surface area contributed by atoms with Gasteiger partial charge in [0.15, 0.2) is 0 Å². The molecule has 6 heteroatoms. The molecular formula is C18H29N3O2S. The molecule has 0 saturated carbocycles. The van der Waals surface area contributed by atoms with E-state index in [1.54, 1.807) is 7.11 Å². The average molecular weight is 352 g/mol. The first-order valence-electron chi connectivity index (χ1n) is 8.86. The largest absolute Gasteiger partial charge is 0.491 e. The maximum Gasteiger partial charge on any atom is 0.121 e. The Labute approximate surface area is 149 Å². The van der Waals surface area contributed by atoms with Crippen LogP contribution in [0.4, 0.5) is 11.4 Å². The quantitative estimate of drug-likeness (QED) is 0.627. The van der Waals surface area contributed by atoms with Gasteiger partial charge in [0.1, 0.15) is 12.4 Å². The topological polar surface area (TPSA) is 51.0 Å². The van der Waals surface area contributed by atoms with E-state index in [1.807, 2.05) is 12.1 Å². The first kappa shape index (κ1) is 17.7. The molecule has 2 heterocycles. The summed E-state index contributed by atoms with van der Waals surface area (Å²) in [6.07, 6.45) is 2.46. The fraction of sp³-hybridized carbons (Fsp3) is 0.667. The summed E-state index contributed by atoms with van der Waals surface area (Å²) in [5.41, 5.74) is 8.21. The molecule has 1 aromatic rings. The summed E-state index contributed by atoms with van der Waals surface area (Å²) in [6.45, 7) is 5.82. The molecule has 0 unspecified atom stereocenters. The summed E-state index contributed by atoms with van der Waals surface area (Å²) in [4.78, 5) is 5.10. The molecule has 0 amide bonds. The predicted octanol–water partition coefficient (Wildman–Crippen LogP) is 2.31. The summed E-state index contributed by atoms with van der Waals surface area (Å²) in [7, 11) is 1.67. The van der Waals surface area contributed by atoms with Gasteiger partial charge in [0.25, 0.3) is 0 Å². The van der Waals surface area contributed by atoms with Gasteiger partial charge in [0.2, 0.25) is 0 Å². The van der Waals surface area contributed by atoms with E-state index in [4.69, 9.17) is 15.2 Å². The summed E-state index contributed by atoms with van der Waals surface area (Å²) < 4.78 is 10.6. The third kappa shape index (κ3) is 4.49. The Morgan fingerprint density at radius 3 is 2.54 bits per heavy atom. The fourth-order valence-electron chi connectivity index (χ4n) is 3.57. The molecule has 0 atom stereocenters. The van der Waals surface area contributed by atoms with Crippen LogP contribution in [0.3, 0.4) is 0 Å². The van der Waals surface area contributed by atoms with Gasteiger partial charge < -0.3 is 20.1 Å². The zero-order valence-electron chi connectivity index (χ0n) is 14.6. The van der Waals surface area contributed by atoms with Crippen LogP contribution in [-0.4, -0.2) is 69.0 Å². The average Bonchev–Trinajstić information content (AvgIpc) is 2.63. The van der Waals surface area contributed by atoms with Gasteiger partial charge >= 0.3 is 0 Å². The molecule has 2 aliphatic rings. The highest BCUT2D eigenvalue weighted by Gasteiger charge is 2.26. The van der Waals surface area contributed by atoms with Crippen molar-refractivity contribution >= 4 is 23.1 Å². The molecule has 134 valence electrons. The number of hydrogen-bond donors (Lipinski definition) is 1. The van der Waals surface area contributed by atoms with Crippen LogP contribution in [0.15, 0.2) is 18.2 Å². The highest BCUT2D eigenvalue weighted by molar-refractivity contribution is 7.99. The number of piperidine rings is 1. The molecule has 0 bridgehead atoms. The van der Waals surface area contributed by atoms with Gasteiger partial charge in [-0.05, 0) is 25.0 Å². The third-order valence-corrected chi connectivity index (χ3v) is 5.86. The minimum Gasteiger partial charge on any atom is -0.491 e. The Balaban J connectivity index is 1.53.